The Balaban J connectivity index is 0.918. The highest BCUT2D eigenvalue weighted by molar-refractivity contribution is 7.80. The molecule has 4 fully saturated rings. The predicted molar refractivity (Wildman–Crippen MR) is 207 cm³/mol. The van der Waals surface area contributed by atoms with Crippen LogP contribution in [0.3, 0.4) is 0 Å². The Hall–Kier alpha value is -4.50. The van der Waals surface area contributed by atoms with Crippen LogP contribution in [-0.4, -0.2) is 99.2 Å². The second kappa shape index (κ2) is 17.2. The van der Waals surface area contributed by atoms with E-state index in [9.17, 15) is 32.3 Å². The van der Waals surface area contributed by atoms with Gasteiger partial charge in [-0.05, 0) is 109 Å². The van der Waals surface area contributed by atoms with Crippen molar-refractivity contribution >= 4 is 52.3 Å². The van der Waals surface area contributed by atoms with Gasteiger partial charge in [0.25, 0.3) is 5.91 Å². The van der Waals surface area contributed by atoms with Crippen molar-refractivity contribution in [2.24, 2.45) is 0 Å². The van der Waals surface area contributed by atoms with Gasteiger partial charge in [-0.25, -0.2) is 4.98 Å². The van der Waals surface area contributed by atoms with E-state index >= 15 is 0 Å². The molecule has 1 aliphatic carbocycles. The Morgan fingerprint density at radius 2 is 1.65 bits per heavy atom. The first-order valence-electron chi connectivity index (χ1n) is 19.4. The number of nitrogens with one attached hydrogen (secondary N) is 2. The summed E-state index contributed by atoms with van der Waals surface area (Å²) in [6, 6.07) is 9.48. The Morgan fingerprint density at radius 1 is 1.02 bits per heavy atom. The number of ether oxygens (including phenoxy) is 2. The molecule has 4 amide bonds. The van der Waals surface area contributed by atoms with Gasteiger partial charge in [0, 0.05) is 30.2 Å². The zero-order chi connectivity index (χ0) is 41.2. The van der Waals surface area contributed by atoms with Crippen LogP contribution in [0.5, 0.6) is 0 Å². The van der Waals surface area contributed by atoms with Crippen molar-refractivity contribution in [2.75, 3.05) is 30.0 Å². The molecule has 2 N–H and O–H groups in total. The fourth-order valence-corrected chi connectivity index (χ4v) is 9.18. The third-order valence-corrected chi connectivity index (χ3v) is 11.9. The number of hydrogen-bond acceptors (Lipinski definition) is 10. The van der Waals surface area contributed by atoms with Gasteiger partial charge >= 0.3 is 6.18 Å². The lowest BCUT2D eigenvalue weighted by molar-refractivity contribution is -0.138. The van der Waals surface area contributed by atoms with E-state index < -0.39 is 28.9 Å². The molecule has 1 saturated carbocycles. The molecule has 306 valence electrons. The van der Waals surface area contributed by atoms with Gasteiger partial charge in [0.15, 0.2) is 10.8 Å². The summed E-state index contributed by atoms with van der Waals surface area (Å²) in [7, 11) is 0. The van der Waals surface area contributed by atoms with Gasteiger partial charge in [-0.3, -0.25) is 34.3 Å². The number of carbonyl (C=O) groups is 4. The molecule has 0 bridgehead atoms. The second-order valence-electron chi connectivity index (χ2n) is 15.9. The smallest absolute Gasteiger partial charge is 0.376 e. The normalized spacial score (nSPS) is 27.0. The van der Waals surface area contributed by atoms with Crippen molar-refractivity contribution < 1.29 is 41.8 Å². The van der Waals surface area contributed by atoms with Crippen LogP contribution in [0.1, 0.15) is 102 Å². The highest BCUT2D eigenvalue weighted by atomic mass is 32.1. The van der Waals surface area contributed by atoms with E-state index in [1.54, 1.807) is 26.0 Å². The molecule has 2 unspecified atom stereocenters. The largest absolute Gasteiger partial charge is 0.419 e. The van der Waals surface area contributed by atoms with Gasteiger partial charge in [-0.15, -0.1) is 0 Å². The SMILES string of the molecule is C[C@@H]1CC(OCCOC2CCC(N3C(=S)N(c4cnc(C#N)c(C(F)(F)F)c4)C(=O)C3(C)C)CC2)C[C@H](C)N1CC(=O)Nc1ccc(C2CCC(=O)NC2=O)cc1. The van der Waals surface area contributed by atoms with E-state index in [0.717, 1.165) is 35.6 Å². The number of benzene rings is 1. The molecule has 3 saturated heterocycles. The third-order valence-electron chi connectivity index (χ3n) is 11.6. The van der Waals surface area contributed by atoms with E-state index in [1.165, 1.54) is 6.07 Å². The van der Waals surface area contributed by atoms with Gasteiger partial charge in [0.05, 0.1) is 55.3 Å². The van der Waals surface area contributed by atoms with Crippen molar-refractivity contribution in [1.82, 2.24) is 20.1 Å². The van der Waals surface area contributed by atoms with Gasteiger partial charge in [0.1, 0.15) is 11.6 Å². The molecule has 2 aromatic rings. The minimum atomic E-state index is -4.83. The number of piperidine rings is 2. The summed E-state index contributed by atoms with van der Waals surface area (Å²) in [6.45, 7) is 8.65. The lowest BCUT2D eigenvalue weighted by atomic mass is 9.89. The third kappa shape index (κ3) is 9.30. The van der Waals surface area contributed by atoms with Gasteiger partial charge < -0.3 is 19.7 Å². The predicted octanol–water partition coefficient (Wildman–Crippen LogP) is 5.43. The van der Waals surface area contributed by atoms with Crippen LogP contribution in [0, 0.1) is 11.3 Å². The fourth-order valence-electron chi connectivity index (χ4n) is 8.62. The topological polar surface area (TPSA) is 157 Å². The molecular weight excluding hydrogens is 764 g/mol. The zero-order valence-electron chi connectivity index (χ0n) is 32.4. The number of amides is 4. The lowest BCUT2D eigenvalue weighted by Crippen LogP contribution is -2.51. The Morgan fingerprint density at radius 3 is 2.25 bits per heavy atom. The number of nitrogens with zero attached hydrogens (tertiary/aromatic N) is 5. The highest BCUT2D eigenvalue weighted by Crippen LogP contribution is 2.40. The number of likely N-dealkylation sites (tertiary alicyclic amines) is 1. The average Bonchev–Trinajstić information content (AvgIpc) is 3.33. The number of alkyl halides is 3. The van der Waals surface area contributed by atoms with Crippen molar-refractivity contribution in [1.29, 1.82) is 5.26 Å². The maximum atomic E-state index is 13.7. The number of halogens is 3. The van der Waals surface area contributed by atoms with Crippen LogP contribution in [0.15, 0.2) is 36.5 Å². The number of thiocarbonyl (C=S) groups is 1. The zero-order valence-corrected chi connectivity index (χ0v) is 33.3. The number of pyridine rings is 1. The average molecular weight is 812 g/mol. The molecule has 17 heteroatoms. The number of nitriles is 1. The molecule has 57 heavy (non-hydrogen) atoms. The maximum absolute atomic E-state index is 13.7. The Bertz CT molecular complexity index is 1900. The van der Waals surface area contributed by atoms with Gasteiger partial charge in [-0.2, -0.15) is 18.4 Å². The molecule has 1 aromatic carbocycles. The van der Waals surface area contributed by atoms with Crippen molar-refractivity contribution in [3.8, 4) is 6.07 Å². The molecule has 4 aliphatic rings. The number of imide groups is 1. The molecule has 13 nitrogen and oxygen atoms in total. The first-order chi connectivity index (χ1) is 27.0. The summed E-state index contributed by atoms with van der Waals surface area (Å²) >= 11 is 5.69. The summed E-state index contributed by atoms with van der Waals surface area (Å²) < 4.78 is 53.4. The number of anilines is 2. The van der Waals surface area contributed by atoms with Crippen LogP contribution in [0.2, 0.25) is 0 Å². The molecule has 6 rings (SSSR count). The van der Waals surface area contributed by atoms with Crippen LogP contribution in [0.4, 0.5) is 24.5 Å². The number of rotatable bonds is 11. The summed E-state index contributed by atoms with van der Waals surface area (Å²) in [6.07, 6.45) is 1.31. The van der Waals surface area contributed by atoms with Crippen molar-refractivity contribution in [3.63, 3.8) is 0 Å². The minimum absolute atomic E-state index is 0.0140. The summed E-state index contributed by atoms with van der Waals surface area (Å²) in [5.41, 5.74) is -1.78. The molecule has 4 heterocycles. The molecule has 0 spiro atoms. The molecule has 0 radical (unpaired) electrons. The molecule has 4 atom stereocenters. The Kier molecular flexibility index (Phi) is 12.7. The fraction of sp³-hybridized carbons (Fsp3) is 0.575. The second-order valence-corrected chi connectivity index (χ2v) is 16.2. The van der Waals surface area contributed by atoms with Gasteiger partial charge in [0.2, 0.25) is 17.7 Å². The minimum Gasteiger partial charge on any atom is -0.376 e. The number of hydrogen-bond donors (Lipinski definition) is 2. The highest BCUT2D eigenvalue weighted by Gasteiger charge is 2.53. The molecular formula is C40H48F3N7O6S. The van der Waals surface area contributed by atoms with Gasteiger partial charge in [-0.1, -0.05) is 12.1 Å². The first-order valence-corrected chi connectivity index (χ1v) is 19.8. The van der Waals surface area contributed by atoms with Crippen molar-refractivity contribution in [3.05, 3.63) is 53.3 Å². The summed E-state index contributed by atoms with van der Waals surface area (Å²) in [5.74, 6) is -1.53. The van der Waals surface area contributed by atoms with Crippen molar-refractivity contribution in [2.45, 2.75) is 127 Å². The Labute approximate surface area is 335 Å². The monoisotopic (exact) mass is 811 g/mol. The van der Waals surface area contributed by atoms with Crippen LogP contribution in [0.25, 0.3) is 0 Å². The van der Waals surface area contributed by atoms with Crippen LogP contribution < -0.4 is 15.5 Å². The molecule has 3 aliphatic heterocycles. The van der Waals surface area contributed by atoms with E-state index in [1.807, 2.05) is 17.0 Å². The van der Waals surface area contributed by atoms with E-state index in [0.29, 0.717) is 57.4 Å². The molecule has 1 aromatic heterocycles. The van der Waals surface area contributed by atoms with Crippen LogP contribution in [-0.2, 0) is 34.8 Å². The maximum Gasteiger partial charge on any atom is 0.419 e. The summed E-state index contributed by atoms with van der Waals surface area (Å²) in [4.78, 5) is 59.0. The quantitative estimate of drug-likeness (QED) is 0.170. The summed E-state index contributed by atoms with van der Waals surface area (Å²) in [5, 5.41) is 14.6. The lowest BCUT2D eigenvalue weighted by Gasteiger charge is -2.42. The number of carbonyl (C=O) groups excluding carboxylic acids is 4. The first kappa shape index (κ1) is 42.1. The van der Waals surface area contributed by atoms with Crippen LogP contribution >= 0.6 is 12.2 Å². The van der Waals surface area contributed by atoms with E-state index in [2.05, 4.69) is 34.4 Å². The van der Waals surface area contributed by atoms with E-state index in [-0.39, 0.29) is 71.3 Å². The standard InChI is InChI=1S/C40H48F3N7O6S/c1-23-17-30(18-24(2)48(23)22-35(52)46-26-7-5-25(6-8-26)31-13-14-34(51)47-36(31)53)56-16-15-55-29-11-9-27(10-12-29)50-38(57)49(37(54)39(50,3)4)28-19-32(40(41,42)43)33(20-44)45-21-28/h5-8,19,21,23-24,27,29-31H,9-18,22H2,1-4H3,(H,46,52)(H,47,51,53)/t23-,24+,27?,29?,30?,31?. The number of aromatic nitrogens is 1. The van der Waals surface area contributed by atoms with E-state index in [4.69, 9.17) is 27.0 Å².